The highest BCUT2D eigenvalue weighted by atomic mass is 31.2. The Morgan fingerprint density at radius 2 is 0.893 bits per heavy atom. The van der Waals surface area contributed by atoms with Gasteiger partial charge >= 0.3 is 27.6 Å². The number of hydrogen-bond donors (Lipinski definition) is 12. The van der Waals surface area contributed by atoms with Crippen LogP contribution in [0, 0.1) is 10.8 Å². The molecule has 0 spiro atoms. The molecule has 0 aliphatic carbocycles. The number of nitrogens with two attached hydrogens (primary N) is 2. The van der Waals surface area contributed by atoms with E-state index in [4.69, 9.17) is 71.0 Å². The number of carboxylic acid groups (broad SMARTS) is 2. The highest BCUT2D eigenvalue weighted by molar-refractivity contribution is 7.45. The van der Waals surface area contributed by atoms with E-state index >= 15 is 0 Å². The fourth-order valence-electron chi connectivity index (χ4n) is 0.576. The number of carbonyl (C=O) groups is 2. The van der Waals surface area contributed by atoms with Gasteiger partial charge in [0, 0.05) is 14.1 Å². The molecule has 0 heterocycles. The van der Waals surface area contributed by atoms with Crippen LogP contribution in [0.2, 0.25) is 0 Å². The van der Waals surface area contributed by atoms with Crippen LogP contribution in [0.1, 0.15) is 0 Å². The Hall–Kier alpha value is -2.30. The molecule has 168 valence electrons. The Balaban J connectivity index is -0.000000143. The van der Waals surface area contributed by atoms with Crippen LogP contribution in [0.5, 0.6) is 0 Å². The second-order valence-electron chi connectivity index (χ2n) is 4.30. The lowest BCUT2D eigenvalue weighted by Gasteiger charge is -2.12. The predicted molar refractivity (Wildman–Crippen MR) is 92.9 cm³/mol. The van der Waals surface area contributed by atoms with E-state index < -0.39 is 27.6 Å². The Labute approximate surface area is 158 Å². The molecular weight excluding hydrogens is 434 g/mol. The highest BCUT2D eigenvalue weighted by Gasteiger charge is 2.04. The largest absolute Gasteiger partial charge is 0.480 e. The Bertz CT molecular complexity index is 534. The summed E-state index contributed by atoms with van der Waals surface area (Å²) in [6, 6.07) is 0. The zero-order valence-corrected chi connectivity index (χ0v) is 16.4. The van der Waals surface area contributed by atoms with Gasteiger partial charge in [0.2, 0.25) is 0 Å². The number of guanidine groups is 2. The van der Waals surface area contributed by atoms with Gasteiger partial charge in [-0.3, -0.25) is 20.4 Å². The number of carboxylic acids is 2. The van der Waals surface area contributed by atoms with Crippen molar-refractivity contribution >= 4 is 39.5 Å². The number of hydrogen-bond acceptors (Lipinski definition) is 6. The third-order valence-corrected chi connectivity index (χ3v) is 1.57. The summed E-state index contributed by atoms with van der Waals surface area (Å²) in [6.07, 6.45) is 0. The molecule has 0 atom stereocenters. The summed E-state index contributed by atoms with van der Waals surface area (Å²) in [6.45, 7) is -0.454. The van der Waals surface area contributed by atoms with Crippen LogP contribution in [0.25, 0.3) is 0 Å². The van der Waals surface area contributed by atoms with E-state index in [2.05, 4.69) is 0 Å². The van der Waals surface area contributed by atoms with Crippen molar-refractivity contribution in [3.05, 3.63) is 0 Å². The van der Waals surface area contributed by atoms with Gasteiger partial charge in [0.05, 0.1) is 0 Å². The van der Waals surface area contributed by atoms with Gasteiger partial charge in [-0.05, 0) is 0 Å². The van der Waals surface area contributed by atoms with E-state index in [1.54, 1.807) is 0 Å². The van der Waals surface area contributed by atoms with Crippen molar-refractivity contribution in [2.45, 2.75) is 0 Å². The smallest absolute Gasteiger partial charge is 0.466 e. The number of aliphatic carboxylic acids is 2. The standard InChI is InChI=1S/2C4H9N3O2.2H3O4P/c2*1-7(4(5)6)2-3(8)9;2*1-5(2,3)4/h2*2H2,1H3,(H3,5,6)(H,8,9);2*(H3,1,2,3,4). The number of likely N-dealkylation sites (N-methyl/N-ethyl adjacent to an activating group) is 2. The molecule has 0 aromatic carbocycles. The minimum atomic E-state index is -4.64. The zero-order chi connectivity index (χ0) is 23.9. The number of phosphoric acid groups is 2. The molecule has 0 fully saturated rings. The molecule has 0 saturated carbocycles. The fraction of sp³-hybridized carbons (Fsp3) is 0.500. The number of rotatable bonds is 4. The fourth-order valence-corrected chi connectivity index (χ4v) is 0.576. The molecule has 0 amide bonds. The van der Waals surface area contributed by atoms with Crippen LogP contribution in [-0.2, 0) is 18.7 Å². The van der Waals surface area contributed by atoms with E-state index in [1.165, 1.54) is 14.1 Å². The molecule has 14 N–H and O–H groups in total. The lowest BCUT2D eigenvalue weighted by atomic mass is 10.6. The molecule has 0 radical (unpaired) electrons. The van der Waals surface area contributed by atoms with Gasteiger partial charge in [-0.2, -0.15) is 0 Å². The van der Waals surface area contributed by atoms with Crippen LogP contribution < -0.4 is 11.5 Å². The SMILES string of the molecule is CN(CC(=O)O)C(=N)N.CN(CC(=O)O)C(=N)N.O=P(O)(O)O.O=P(O)(O)O. The van der Waals surface area contributed by atoms with Crippen molar-refractivity contribution < 1.29 is 58.3 Å². The summed E-state index contributed by atoms with van der Waals surface area (Å²) in [5.41, 5.74) is 9.86. The van der Waals surface area contributed by atoms with Crippen molar-refractivity contribution in [3.63, 3.8) is 0 Å². The minimum Gasteiger partial charge on any atom is -0.480 e. The highest BCUT2D eigenvalue weighted by Crippen LogP contribution is 2.26. The maximum atomic E-state index is 9.92. The van der Waals surface area contributed by atoms with Crippen LogP contribution in [-0.4, -0.2) is 100 Å². The lowest BCUT2D eigenvalue weighted by molar-refractivity contribution is -0.138. The lowest BCUT2D eigenvalue weighted by Crippen LogP contribution is -2.36. The summed E-state index contributed by atoms with van der Waals surface area (Å²) in [4.78, 5) is 65.2. The number of nitrogens with one attached hydrogen (secondary N) is 2. The van der Waals surface area contributed by atoms with Crippen LogP contribution in [0.3, 0.4) is 0 Å². The summed E-state index contributed by atoms with van der Waals surface area (Å²) >= 11 is 0. The van der Waals surface area contributed by atoms with Gasteiger partial charge in [-0.25, -0.2) is 9.13 Å². The average molecular weight is 458 g/mol. The Morgan fingerprint density at radius 3 is 0.929 bits per heavy atom. The van der Waals surface area contributed by atoms with Crippen molar-refractivity contribution in [1.82, 2.24) is 9.80 Å². The van der Waals surface area contributed by atoms with E-state index in [9.17, 15) is 9.59 Å². The molecule has 18 nitrogen and oxygen atoms in total. The molecule has 0 aliphatic rings. The normalized spacial score (nSPS) is 9.71. The summed E-state index contributed by atoms with van der Waals surface area (Å²) in [7, 11) is -6.40. The molecular formula is C8H24N6O12P2. The number of nitrogens with zero attached hydrogens (tertiary/aromatic N) is 2. The van der Waals surface area contributed by atoms with Crippen LogP contribution in [0.15, 0.2) is 0 Å². The van der Waals surface area contributed by atoms with E-state index in [0.717, 1.165) is 9.80 Å². The first kappa shape index (κ1) is 33.3. The maximum Gasteiger partial charge on any atom is 0.466 e. The Kier molecular flexibility index (Phi) is 18.7. The Morgan fingerprint density at radius 1 is 0.750 bits per heavy atom. The molecule has 28 heavy (non-hydrogen) atoms. The maximum absolute atomic E-state index is 9.92. The first-order valence-corrected chi connectivity index (χ1v) is 9.31. The quantitative estimate of drug-likeness (QED) is 0.108. The van der Waals surface area contributed by atoms with Gasteiger partial charge in [0.1, 0.15) is 13.1 Å². The third kappa shape index (κ3) is 65.1. The van der Waals surface area contributed by atoms with Gasteiger partial charge in [0.15, 0.2) is 11.9 Å². The molecule has 0 bridgehead atoms. The average Bonchev–Trinajstić information content (AvgIpc) is 2.33. The zero-order valence-electron chi connectivity index (χ0n) is 14.6. The first-order chi connectivity index (χ1) is 12.1. The summed E-state index contributed by atoms with van der Waals surface area (Å²) < 4.78 is 17.8. The van der Waals surface area contributed by atoms with Gasteiger partial charge in [-0.15, -0.1) is 0 Å². The third-order valence-electron chi connectivity index (χ3n) is 1.57. The monoisotopic (exact) mass is 458 g/mol. The van der Waals surface area contributed by atoms with Crippen LogP contribution >= 0.6 is 15.6 Å². The van der Waals surface area contributed by atoms with Gasteiger partial charge in [0.25, 0.3) is 0 Å². The summed E-state index contributed by atoms with van der Waals surface area (Å²) in [5, 5.41) is 29.7. The van der Waals surface area contributed by atoms with Crippen molar-refractivity contribution in [2.75, 3.05) is 27.2 Å². The molecule has 0 aliphatic heterocycles. The molecule has 0 rings (SSSR count). The predicted octanol–water partition coefficient (Wildman–Crippen LogP) is -4.06. The summed E-state index contributed by atoms with van der Waals surface area (Å²) in [5.74, 6) is -2.46. The van der Waals surface area contributed by atoms with Gasteiger partial charge < -0.3 is 60.8 Å². The van der Waals surface area contributed by atoms with Crippen LogP contribution in [0.4, 0.5) is 0 Å². The minimum absolute atomic E-state index is 0.227. The van der Waals surface area contributed by atoms with Crippen molar-refractivity contribution in [1.29, 1.82) is 10.8 Å². The van der Waals surface area contributed by atoms with E-state index in [1.807, 2.05) is 0 Å². The topological polar surface area (TPSA) is 336 Å². The molecule has 20 heteroatoms. The second-order valence-corrected chi connectivity index (χ2v) is 6.35. The first-order valence-electron chi connectivity index (χ1n) is 6.18. The molecule has 0 unspecified atom stereocenters. The van der Waals surface area contributed by atoms with E-state index in [0.29, 0.717) is 0 Å². The molecule has 0 aromatic rings. The molecule has 0 aromatic heterocycles. The van der Waals surface area contributed by atoms with Crippen molar-refractivity contribution in [2.24, 2.45) is 11.5 Å². The van der Waals surface area contributed by atoms with Gasteiger partial charge in [-0.1, -0.05) is 0 Å². The van der Waals surface area contributed by atoms with Crippen molar-refractivity contribution in [3.8, 4) is 0 Å². The molecule has 0 saturated heterocycles. The van der Waals surface area contributed by atoms with E-state index in [-0.39, 0.29) is 25.0 Å². The second kappa shape index (κ2) is 15.7.